The Labute approximate surface area is 112 Å². The van der Waals surface area contributed by atoms with Crippen molar-refractivity contribution in [1.82, 2.24) is 10.2 Å². The second kappa shape index (κ2) is 8.52. The molecule has 0 radical (unpaired) electrons. The Morgan fingerprint density at radius 2 is 2.11 bits per heavy atom. The van der Waals surface area contributed by atoms with E-state index in [2.05, 4.69) is 31.0 Å². The van der Waals surface area contributed by atoms with Crippen molar-refractivity contribution < 1.29 is 4.79 Å². The second-order valence-corrected chi connectivity index (χ2v) is 5.66. The Hall–Kier alpha value is -0.570. The number of amides is 1. The van der Waals surface area contributed by atoms with Crippen molar-refractivity contribution in [1.29, 1.82) is 0 Å². The molecule has 0 aromatic rings. The van der Waals surface area contributed by atoms with Gasteiger partial charge < -0.3 is 10.2 Å². The summed E-state index contributed by atoms with van der Waals surface area (Å²) in [5, 5.41) is 3.29. The van der Waals surface area contributed by atoms with Crippen molar-refractivity contribution in [3.63, 3.8) is 0 Å². The molecule has 1 aliphatic rings. The molecule has 0 spiro atoms. The van der Waals surface area contributed by atoms with E-state index in [1.54, 1.807) is 0 Å². The molecule has 3 heteroatoms. The summed E-state index contributed by atoms with van der Waals surface area (Å²) in [5.41, 5.74) is 0. The van der Waals surface area contributed by atoms with Crippen LogP contribution in [-0.4, -0.2) is 36.5 Å². The molecular formula is C15H30N2O. The van der Waals surface area contributed by atoms with Crippen LogP contribution in [0, 0.1) is 5.92 Å². The monoisotopic (exact) mass is 254 g/mol. The number of carbonyl (C=O) groups is 1. The SMILES string of the molecule is CCCC1CCCN(C(=O)CNC(C)CC)CC1. The molecule has 0 aromatic carbocycles. The zero-order valence-electron chi connectivity index (χ0n) is 12.4. The van der Waals surface area contributed by atoms with Gasteiger partial charge in [0.2, 0.25) is 5.91 Å². The lowest BCUT2D eigenvalue weighted by Crippen LogP contribution is -2.41. The van der Waals surface area contributed by atoms with Crippen LogP contribution < -0.4 is 5.32 Å². The summed E-state index contributed by atoms with van der Waals surface area (Å²) in [6.07, 6.45) is 7.35. The molecule has 3 nitrogen and oxygen atoms in total. The highest BCUT2D eigenvalue weighted by Gasteiger charge is 2.19. The molecule has 1 rings (SSSR count). The number of rotatable bonds is 6. The summed E-state index contributed by atoms with van der Waals surface area (Å²) in [4.78, 5) is 14.2. The van der Waals surface area contributed by atoms with Gasteiger partial charge in [0.1, 0.15) is 0 Å². The minimum Gasteiger partial charge on any atom is -0.342 e. The minimum atomic E-state index is 0.285. The van der Waals surface area contributed by atoms with E-state index >= 15 is 0 Å². The van der Waals surface area contributed by atoms with Crippen LogP contribution in [-0.2, 0) is 4.79 Å². The Morgan fingerprint density at radius 1 is 1.33 bits per heavy atom. The molecule has 0 aliphatic carbocycles. The highest BCUT2D eigenvalue weighted by molar-refractivity contribution is 5.78. The number of hydrogen-bond donors (Lipinski definition) is 1. The van der Waals surface area contributed by atoms with Crippen LogP contribution in [0.1, 0.15) is 59.3 Å². The Bertz CT molecular complexity index is 243. The molecule has 0 bridgehead atoms. The van der Waals surface area contributed by atoms with Crippen molar-refractivity contribution in [2.45, 2.75) is 65.3 Å². The summed E-state index contributed by atoms with van der Waals surface area (Å²) >= 11 is 0. The highest BCUT2D eigenvalue weighted by atomic mass is 16.2. The Morgan fingerprint density at radius 3 is 2.78 bits per heavy atom. The molecule has 1 N–H and O–H groups in total. The lowest BCUT2D eigenvalue weighted by Gasteiger charge is -2.22. The zero-order chi connectivity index (χ0) is 13.4. The standard InChI is InChI=1S/C15H30N2O/c1-4-7-14-8-6-10-17(11-9-14)15(18)12-16-13(3)5-2/h13-14,16H,4-12H2,1-3H3. The predicted octanol–water partition coefficient (Wildman–Crippen LogP) is 2.80. The van der Waals surface area contributed by atoms with E-state index < -0.39 is 0 Å². The Balaban J connectivity index is 2.31. The van der Waals surface area contributed by atoms with Crippen molar-refractivity contribution >= 4 is 5.91 Å². The van der Waals surface area contributed by atoms with Gasteiger partial charge >= 0.3 is 0 Å². The van der Waals surface area contributed by atoms with Crippen LogP contribution in [0.15, 0.2) is 0 Å². The average Bonchev–Trinajstić information content (AvgIpc) is 2.61. The molecule has 2 unspecified atom stereocenters. The third-order valence-electron chi connectivity index (χ3n) is 4.11. The quantitative estimate of drug-likeness (QED) is 0.790. The maximum Gasteiger partial charge on any atom is 0.236 e. The van der Waals surface area contributed by atoms with Crippen molar-refractivity contribution in [3.05, 3.63) is 0 Å². The van der Waals surface area contributed by atoms with E-state index in [9.17, 15) is 4.79 Å². The number of nitrogens with zero attached hydrogens (tertiary/aromatic N) is 1. The summed E-state index contributed by atoms with van der Waals surface area (Å²) in [5.74, 6) is 1.13. The van der Waals surface area contributed by atoms with Gasteiger partial charge in [-0.05, 0) is 38.5 Å². The normalized spacial score (nSPS) is 22.6. The van der Waals surface area contributed by atoms with Gasteiger partial charge in [0, 0.05) is 19.1 Å². The van der Waals surface area contributed by atoms with Gasteiger partial charge in [-0.3, -0.25) is 4.79 Å². The highest BCUT2D eigenvalue weighted by Crippen LogP contribution is 2.21. The molecule has 1 saturated heterocycles. The van der Waals surface area contributed by atoms with E-state index in [4.69, 9.17) is 0 Å². The fourth-order valence-electron chi connectivity index (χ4n) is 2.63. The van der Waals surface area contributed by atoms with Gasteiger partial charge in [-0.25, -0.2) is 0 Å². The van der Waals surface area contributed by atoms with Gasteiger partial charge in [-0.2, -0.15) is 0 Å². The smallest absolute Gasteiger partial charge is 0.236 e. The van der Waals surface area contributed by atoms with Gasteiger partial charge in [0.25, 0.3) is 0 Å². The fourth-order valence-corrected chi connectivity index (χ4v) is 2.63. The first-order valence-electron chi connectivity index (χ1n) is 7.68. The molecule has 0 aromatic heterocycles. The second-order valence-electron chi connectivity index (χ2n) is 5.66. The minimum absolute atomic E-state index is 0.285. The van der Waals surface area contributed by atoms with E-state index in [0.29, 0.717) is 12.6 Å². The largest absolute Gasteiger partial charge is 0.342 e. The first-order chi connectivity index (χ1) is 8.67. The molecule has 2 atom stereocenters. The van der Waals surface area contributed by atoms with Crippen LogP contribution >= 0.6 is 0 Å². The van der Waals surface area contributed by atoms with E-state index in [1.165, 1.54) is 32.1 Å². The zero-order valence-corrected chi connectivity index (χ0v) is 12.4. The summed E-state index contributed by atoms with van der Waals surface area (Å²) < 4.78 is 0. The Kier molecular flexibility index (Phi) is 7.33. The van der Waals surface area contributed by atoms with Crippen molar-refractivity contribution in [3.8, 4) is 0 Å². The predicted molar refractivity (Wildman–Crippen MR) is 76.6 cm³/mol. The number of carbonyl (C=O) groups excluding carboxylic acids is 1. The molecule has 1 amide bonds. The third-order valence-corrected chi connectivity index (χ3v) is 4.11. The van der Waals surface area contributed by atoms with Crippen LogP contribution in [0.5, 0.6) is 0 Å². The number of nitrogens with one attached hydrogen (secondary N) is 1. The summed E-state index contributed by atoms with van der Waals surface area (Å²) in [6, 6.07) is 0.439. The van der Waals surface area contributed by atoms with Crippen LogP contribution in [0.2, 0.25) is 0 Å². The van der Waals surface area contributed by atoms with Gasteiger partial charge in [0.15, 0.2) is 0 Å². The molecule has 1 fully saturated rings. The van der Waals surface area contributed by atoms with Crippen LogP contribution in [0.4, 0.5) is 0 Å². The molecule has 1 aliphatic heterocycles. The van der Waals surface area contributed by atoms with Crippen LogP contribution in [0.25, 0.3) is 0 Å². The van der Waals surface area contributed by atoms with Crippen molar-refractivity contribution in [2.75, 3.05) is 19.6 Å². The van der Waals surface area contributed by atoms with Crippen molar-refractivity contribution in [2.24, 2.45) is 5.92 Å². The summed E-state index contributed by atoms with van der Waals surface area (Å²) in [7, 11) is 0. The topological polar surface area (TPSA) is 32.3 Å². The first-order valence-corrected chi connectivity index (χ1v) is 7.68. The lowest BCUT2D eigenvalue weighted by atomic mass is 9.96. The molecule has 106 valence electrons. The lowest BCUT2D eigenvalue weighted by molar-refractivity contribution is -0.130. The van der Waals surface area contributed by atoms with Gasteiger partial charge in [0.05, 0.1) is 6.54 Å². The number of hydrogen-bond acceptors (Lipinski definition) is 2. The molecule has 1 heterocycles. The van der Waals surface area contributed by atoms with E-state index in [0.717, 1.165) is 25.4 Å². The number of likely N-dealkylation sites (tertiary alicyclic amines) is 1. The van der Waals surface area contributed by atoms with E-state index in [-0.39, 0.29) is 5.91 Å². The average molecular weight is 254 g/mol. The molecule has 0 saturated carbocycles. The first kappa shape index (κ1) is 15.5. The third kappa shape index (κ3) is 5.38. The molecular weight excluding hydrogens is 224 g/mol. The van der Waals surface area contributed by atoms with E-state index in [1.807, 2.05) is 0 Å². The van der Waals surface area contributed by atoms with Gasteiger partial charge in [-0.1, -0.05) is 26.7 Å². The maximum atomic E-state index is 12.1. The van der Waals surface area contributed by atoms with Crippen LogP contribution in [0.3, 0.4) is 0 Å². The summed E-state index contributed by atoms with van der Waals surface area (Å²) in [6.45, 7) is 8.96. The fraction of sp³-hybridized carbons (Fsp3) is 0.933. The molecule has 18 heavy (non-hydrogen) atoms. The maximum absolute atomic E-state index is 12.1. The van der Waals surface area contributed by atoms with Gasteiger partial charge in [-0.15, -0.1) is 0 Å².